The highest BCUT2D eigenvalue weighted by Gasteiger charge is 2.47. The molecule has 0 aromatic carbocycles. The fraction of sp³-hybridized carbons (Fsp3) is 1.00. The smallest absolute Gasteiger partial charge is 0.0538 e. The van der Waals surface area contributed by atoms with Crippen LogP contribution in [0.2, 0.25) is 0 Å². The number of hydrogen-bond acceptors (Lipinski definition) is 2. The minimum absolute atomic E-state index is 0.544. The van der Waals surface area contributed by atoms with Crippen molar-refractivity contribution >= 4 is 0 Å². The van der Waals surface area contributed by atoms with Crippen LogP contribution < -0.4 is 5.32 Å². The molecule has 1 saturated heterocycles. The zero-order valence-corrected chi connectivity index (χ0v) is 8.22. The number of hydrogen-bond donors (Lipinski definition) is 1. The molecule has 0 bridgehead atoms. The van der Waals surface area contributed by atoms with Gasteiger partial charge in [0.15, 0.2) is 0 Å². The first kappa shape index (κ1) is 8.25. The Balaban J connectivity index is 1.59. The minimum Gasteiger partial charge on any atom is -0.381 e. The summed E-state index contributed by atoms with van der Waals surface area (Å²) in [6.07, 6.45) is 7.02. The lowest BCUT2D eigenvalue weighted by atomic mass is 9.82. The van der Waals surface area contributed by atoms with E-state index in [1.54, 1.807) is 0 Å². The summed E-state index contributed by atoms with van der Waals surface area (Å²) in [5, 5.41) is 3.68. The van der Waals surface area contributed by atoms with Crippen LogP contribution in [-0.2, 0) is 4.74 Å². The second-order valence-electron chi connectivity index (χ2n) is 5.09. The van der Waals surface area contributed by atoms with E-state index in [2.05, 4.69) is 5.32 Å². The van der Waals surface area contributed by atoms with E-state index in [1.165, 1.54) is 38.6 Å². The fourth-order valence-electron chi connectivity index (χ4n) is 2.56. The monoisotopic (exact) mass is 181 g/mol. The third kappa shape index (κ3) is 1.62. The van der Waals surface area contributed by atoms with E-state index in [1.807, 2.05) is 0 Å². The zero-order valence-electron chi connectivity index (χ0n) is 8.22. The predicted molar refractivity (Wildman–Crippen MR) is 51.6 cm³/mol. The molecule has 2 nitrogen and oxygen atoms in total. The Morgan fingerprint density at radius 3 is 2.62 bits per heavy atom. The number of ether oxygens (including phenoxy) is 1. The highest BCUT2D eigenvalue weighted by molar-refractivity contribution is 4.99. The third-order valence-electron chi connectivity index (χ3n) is 3.90. The van der Waals surface area contributed by atoms with Crippen molar-refractivity contribution in [3.8, 4) is 0 Å². The minimum atomic E-state index is 0.544. The molecule has 0 spiro atoms. The molecule has 0 amide bonds. The van der Waals surface area contributed by atoms with Crippen molar-refractivity contribution in [1.29, 1.82) is 0 Å². The number of nitrogens with one attached hydrogen (secondary N) is 1. The largest absolute Gasteiger partial charge is 0.381 e. The summed E-state index contributed by atoms with van der Waals surface area (Å²) in [6.45, 7) is 3.25. The quantitative estimate of drug-likeness (QED) is 0.710. The van der Waals surface area contributed by atoms with Gasteiger partial charge in [-0.05, 0) is 38.0 Å². The summed E-state index contributed by atoms with van der Waals surface area (Å²) >= 11 is 0. The van der Waals surface area contributed by atoms with Crippen LogP contribution in [0.3, 0.4) is 0 Å². The van der Waals surface area contributed by atoms with Gasteiger partial charge in [0.25, 0.3) is 0 Å². The van der Waals surface area contributed by atoms with Gasteiger partial charge in [0.1, 0.15) is 0 Å². The van der Waals surface area contributed by atoms with Crippen molar-refractivity contribution in [3.63, 3.8) is 0 Å². The lowest BCUT2D eigenvalue weighted by Gasteiger charge is -2.27. The first-order valence-electron chi connectivity index (χ1n) is 5.70. The van der Waals surface area contributed by atoms with E-state index in [9.17, 15) is 0 Å². The summed E-state index contributed by atoms with van der Waals surface area (Å²) in [7, 11) is 0. The molecule has 13 heavy (non-hydrogen) atoms. The fourth-order valence-corrected chi connectivity index (χ4v) is 2.56. The van der Waals surface area contributed by atoms with E-state index < -0.39 is 0 Å². The Morgan fingerprint density at radius 2 is 2.08 bits per heavy atom. The van der Waals surface area contributed by atoms with E-state index in [4.69, 9.17) is 4.74 Å². The summed E-state index contributed by atoms with van der Waals surface area (Å²) in [6, 6.07) is 0.858. The molecule has 2 saturated carbocycles. The molecule has 1 aliphatic heterocycles. The van der Waals surface area contributed by atoms with Crippen molar-refractivity contribution < 1.29 is 4.74 Å². The van der Waals surface area contributed by atoms with Crippen LogP contribution in [0.25, 0.3) is 0 Å². The van der Waals surface area contributed by atoms with E-state index >= 15 is 0 Å². The number of rotatable bonds is 4. The van der Waals surface area contributed by atoms with Gasteiger partial charge in [-0.25, -0.2) is 0 Å². The Hall–Kier alpha value is -0.0800. The van der Waals surface area contributed by atoms with Crippen LogP contribution in [0.5, 0.6) is 0 Å². The van der Waals surface area contributed by atoms with Crippen LogP contribution in [-0.4, -0.2) is 25.8 Å². The average Bonchev–Trinajstić information content (AvgIpc) is 3.04. The molecule has 1 atom stereocenters. The molecular weight excluding hydrogens is 162 g/mol. The van der Waals surface area contributed by atoms with Crippen LogP contribution in [0.1, 0.15) is 32.1 Å². The highest BCUT2D eigenvalue weighted by Crippen LogP contribution is 2.50. The van der Waals surface area contributed by atoms with E-state index in [0.29, 0.717) is 5.41 Å². The molecule has 3 rings (SSSR count). The zero-order chi connectivity index (χ0) is 8.73. The van der Waals surface area contributed by atoms with Gasteiger partial charge < -0.3 is 10.1 Å². The van der Waals surface area contributed by atoms with Gasteiger partial charge in [-0.1, -0.05) is 0 Å². The van der Waals surface area contributed by atoms with Crippen molar-refractivity contribution in [1.82, 2.24) is 5.32 Å². The lowest BCUT2D eigenvalue weighted by molar-refractivity contribution is 0.135. The lowest BCUT2D eigenvalue weighted by Crippen LogP contribution is -2.37. The van der Waals surface area contributed by atoms with Gasteiger partial charge in [0.2, 0.25) is 0 Å². The maximum absolute atomic E-state index is 5.57. The van der Waals surface area contributed by atoms with Gasteiger partial charge in [0.05, 0.1) is 6.61 Å². The van der Waals surface area contributed by atoms with Crippen LogP contribution in [0, 0.1) is 11.3 Å². The molecule has 74 valence electrons. The van der Waals surface area contributed by atoms with Crippen LogP contribution >= 0.6 is 0 Å². The molecule has 3 aliphatic rings. The molecule has 2 aliphatic carbocycles. The van der Waals surface area contributed by atoms with Crippen molar-refractivity contribution in [2.75, 3.05) is 19.8 Å². The predicted octanol–water partition coefficient (Wildman–Crippen LogP) is 1.56. The van der Waals surface area contributed by atoms with Crippen molar-refractivity contribution in [3.05, 3.63) is 0 Å². The maximum Gasteiger partial charge on any atom is 0.0538 e. The standard InChI is InChI=1S/C11H19NO/c1-2-9(1)11(5-6-13-8-11)7-12-10-3-4-10/h9-10,12H,1-8H2. The summed E-state index contributed by atoms with van der Waals surface area (Å²) in [5.41, 5.74) is 0.544. The Kier molecular flexibility index (Phi) is 1.88. The van der Waals surface area contributed by atoms with Crippen LogP contribution in [0.4, 0.5) is 0 Å². The Bertz CT molecular complexity index is 190. The highest BCUT2D eigenvalue weighted by atomic mass is 16.5. The molecule has 3 fully saturated rings. The van der Waals surface area contributed by atoms with Gasteiger partial charge in [0, 0.05) is 24.6 Å². The van der Waals surface area contributed by atoms with Gasteiger partial charge in [-0.3, -0.25) is 0 Å². The third-order valence-corrected chi connectivity index (χ3v) is 3.90. The summed E-state index contributed by atoms with van der Waals surface area (Å²) in [5.74, 6) is 0.987. The van der Waals surface area contributed by atoms with E-state index in [0.717, 1.165) is 25.2 Å². The normalized spacial score (nSPS) is 39.7. The molecule has 1 N–H and O–H groups in total. The second-order valence-corrected chi connectivity index (χ2v) is 5.09. The molecule has 1 heterocycles. The summed E-state index contributed by atoms with van der Waals surface area (Å²) in [4.78, 5) is 0. The van der Waals surface area contributed by atoms with Crippen molar-refractivity contribution in [2.45, 2.75) is 38.1 Å². The second kappa shape index (κ2) is 2.96. The SMILES string of the molecule is C1CC(CNC2CC2)(C2CC2)CO1. The first-order chi connectivity index (χ1) is 6.39. The molecular formula is C11H19NO. The van der Waals surface area contributed by atoms with Crippen LogP contribution in [0.15, 0.2) is 0 Å². The molecule has 1 unspecified atom stereocenters. The van der Waals surface area contributed by atoms with Gasteiger partial charge in [-0.15, -0.1) is 0 Å². The van der Waals surface area contributed by atoms with Gasteiger partial charge in [-0.2, -0.15) is 0 Å². The molecule has 0 aromatic rings. The van der Waals surface area contributed by atoms with Crippen molar-refractivity contribution in [2.24, 2.45) is 11.3 Å². The Labute approximate surface area is 80.0 Å². The topological polar surface area (TPSA) is 21.3 Å². The Morgan fingerprint density at radius 1 is 1.23 bits per heavy atom. The average molecular weight is 181 g/mol. The molecule has 2 heteroatoms. The maximum atomic E-state index is 5.57. The van der Waals surface area contributed by atoms with Gasteiger partial charge >= 0.3 is 0 Å². The van der Waals surface area contributed by atoms with E-state index in [-0.39, 0.29) is 0 Å². The molecule has 0 aromatic heterocycles. The summed E-state index contributed by atoms with van der Waals surface area (Å²) < 4.78 is 5.57. The molecule has 0 radical (unpaired) electrons. The first-order valence-corrected chi connectivity index (χ1v) is 5.70.